The predicted molar refractivity (Wildman–Crippen MR) is 77.4 cm³/mol. The molecule has 1 aromatic carbocycles. The van der Waals surface area contributed by atoms with Crippen molar-refractivity contribution in [3.05, 3.63) is 24.0 Å². The summed E-state index contributed by atoms with van der Waals surface area (Å²) in [5.41, 5.74) is 8.02. The van der Waals surface area contributed by atoms with Gasteiger partial charge in [0.25, 0.3) is 0 Å². The predicted octanol–water partition coefficient (Wildman–Crippen LogP) is 1.24. The molecular formula is C14H21N3O3. The van der Waals surface area contributed by atoms with E-state index in [0.29, 0.717) is 24.5 Å². The van der Waals surface area contributed by atoms with Gasteiger partial charge in [-0.25, -0.2) is 4.98 Å². The first-order valence-electron chi connectivity index (χ1n) is 6.63. The fraction of sp³-hybridized carbons (Fsp3) is 0.500. The highest BCUT2D eigenvalue weighted by Gasteiger charge is 2.21. The van der Waals surface area contributed by atoms with Crippen molar-refractivity contribution in [1.82, 2.24) is 9.55 Å². The lowest BCUT2D eigenvalue weighted by molar-refractivity contribution is 0.126. The number of ether oxygens (including phenoxy) is 1. The number of fused-ring (bicyclic) bond motifs is 1. The van der Waals surface area contributed by atoms with E-state index in [-0.39, 0.29) is 12.6 Å². The van der Waals surface area contributed by atoms with E-state index in [2.05, 4.69) is 4.98 Å². The van der Waals surface area contributed by atoms with E-state index in [0.717, 1.165) is 11.0 Å². The first-order valence-corrected chi connectivity index (χ1v) is 6.63. The second kappa shape index (κ2) is 6.21. The highest BCUT2D eigenvalue weighted by Crippen LogP contribution is 2.28. The number of nitrogens with two attached hydrogens (primary N) is 1. The zero-order valence-electron chi connectivity index (χ0n) is 11.8. The SMILES string of the molecule is COCC(CCO)n1c(C(C)O)nc2cc(N)ccc21. The van der Waals surface area contributed by atoms with E-state index in [4.69, 9.17) is 10.5 Å². The molecule has 20 heavy (non-hydrogen) atoms. The molecule has 0 aliphatic heterocycles. The molecule has 0 saturated carbocycles. The third-order valence-corrected chi connectivity index (χ3v) is 3.30. The van der Waals surface area contributed by atoms with Crippen molar-refractivity contribution in [3.63, 3.8) is 0 Å². The Kier molecular flexibility index (Phi) is 4.59. The van der Waals surface area contributed by atoms with Crippen LogP contribution < -0.4 is 5.73 Å². The molecule has 2 unspecified atom stereocenters. The summed E-state index contributed by atoms with van der Waals surface area (Å²) in [5, 5.41) is 19.2. The van der Waals surface area contributed by atoms with Gasteiger partial charge in [-0.05, 0) is 31.5 Å². The normalized spacial score (nSPS) is 14.6. The first kappa shape index (κ1) is 14.8. The molecule has 0 fully saturated rings. The Morgan fingerprint density at radius 1 is 1.45 bits per heavy atom. The van der Waals surface area contributed by atoms with Crippen molar-refractivity contribution in [1.29, 1.82) is 0 Å². The second-order valence-corrected chi connectivity index (χ2v) is 4.89. The Morgan fingerprint density at radius 3 is 2.80 bits per heavy atom. The number of rotatable bonds is 6. The first-order chi connectivity index (χ1) is 9.58. The van der Waals surface area contributed by atoms with Crippen molar-refractivity contribution in [3.8, 4) is 0 Å². The third-order valence-electron chi connectivity index (χ3n) is 3.30. The van der Waals surface area contributed by atoms with Crippen LogP contribution in [0.1, 0.15) is 31.3 Å². The van der Waals surface area contributed by atoms with Crippen LogP contribution >= 0.6 is 0 Å². The number of benzene rings is 1. The minimum absolute atomic E-state index is 0.0436. The van der Waals surface area contributed by atoms with Gasteiger partial charge >= 0.3 is 0 Å². The highest BCUT2D eigenvalue weighted by molar-refractivity contribution is 5.80. The van der Waals surface area contributed by atoms with Gasteiger partial charge in [0.2, 0.25) is 0 Å². The second-order valence-electron chi connectivity index (χ2n) is 4.89. The van der Waals surface area contributed by atoms with Crippen LogP contribution in [0.25, 0.3) is 11.0 Å². The van der Waals surface area contributed by atoms with Crippen molar-refractivity contribution in [2.45, 2.75) is 25.5 Å². The minimum atomic E-state index is -0.707. The quantitative estimate of drug-likeness (QED) is 0.692. The van der Waals surface area contributed by atoms with Gasteiger partial charge in [0.15, 0.2) is 0 Å². The molecule has 110 valence electrons. The average Bonchev–Trinajstić information content (AvgIpc) is 2.77. The molecule has 0 radical (unpaired) electrons. The number of hydrogen-bond acceptors (Lipinski definition) is 5. The van der Waals surface area contributed by atoms with Gasteiger partial charge in [0, 0.05) is 19.4 Å². The van der Waals surface area contributed by atoms with Crippen molar-refractivity contribution in [2.24, 2.45) is 0 Å². The van der Waals surface area contributed by atoms with E-state index >= 15 is 0 Å². The maximum atomic E-state index is 9.94. The number of methoxy groups -OCH3 is 1. The summed E-state index contributed by atoms with van der Waals surface area (Å²) < 4.78 is 7.15. The fourth-order valence-corrected chi connectivity index (χ4v) is 2.44. The lowest BCUT2D eigenvalue weighted by atomic mass is 10.2. The Morgan fingerprint density at radius 2 is 2.20 bits per heavy atom. The Bertz CT molecular complexity index is 574. The third kappa shape index (κ3) is 2.77. The molecule has 2 aromatic rings. The fourth-order valence-electron chi connectivity index (χ4n) is 2.44. The largest absolute Gasteiger partial charge is 0.399 e. The van der Waals surface area contributed by atoms with E-state index < -0.39 is 6.10 Å². The van der Waals surface area contributed by atoms with Crippen LogP contribution in [-0.2, 0) is 4.74 Å². The summed E-state index contributed by atoms with van der Waals surface area (Å²) in [6.07, 6.45) is -0.176. The molecule has 0 bridgehead atoms. The standard InChI is InChI=1S/C14H21N3O3/c1-9(19)14-16-12-7-10(15)3-4-13(12)17(14)11(5-6-18)8-20-2/h3-4,7,9,11,18-19H,5-6,8,15H2,1-2H3. The van der Waals surface area contributed by atoms with E-state index in [9.17, 15) is 10.2 Å². The zero-order chi connectivity index (χ0) is 14.7. The number of imidazole rings is 1. The molecule has 0 amide bonds. The van der Waals surface area contributed by atoms with Gasteiger partial charge < -0.3 is 25.3 Å². The molecule has 0 aliphatic rings. The molecule has 1 aromatic heterocycles. The van der Waals surface area contributed by atoms with Crippen LogP contribution in [0, 0.1) is 0 Å². The molecular weight excluding hydrogens is 258 g/mol. The molecule has 0 spiro atoms. The summed E-state index contributed by atoms with van der Waals surface area (Å²) in [4.78, 5) is 4.45. The van der Waals surface area contributed by atoms with Crippen LogP contribution in [-0.4, -0.2) is 40.1 Å². The van der Waals surface area contributed by atoms with E-state index in [1.165, 1.54) is 0 Å². The summed E-state index contributed by atoms with van der Waals surface area (Å²) in [5.74, 6) is 0.557. The van der Waals surface area contributed by atoms with Crippen molar-refractivity contribution < 1.29 is 14.9 Å². The zero-order valence-corrected chi connectivity index (χ0v) is 11.8. The lowest BCUT2D eigenvalue weighted by Crippen LogP contribution is -2.19. The molecule has 1 heterocycles. The van der Waals surface area contributed by atoms with Gasteiger partial charge in [-0.2, -0.15) is 0 Å². The van der Waals surface area contributed by atoms with Crippen molar-refractivity contribution in [2.75, 3.05) is 26.1 Å². The number of aromatic nitrogens is 2. The van der Waals surface area contributed by atoms with Crippen LogP contribution in [0.2, 0.25) is 0 Å². The minimum Gasteiger partial charge on any atom is -0.399 e. The van der Waals surface area contributed by atoms with Gasteiger partial charge in [-0.15, -0.1) is 0 Å². The summed E-state index contributed by atoms with van der Waals surface area (Å²) in [6, 6.07) is 5.38. The molecule has 6 heteroatoms. The Labute approximate surface area is 117 Å². The van der Waals surface area contributed by atoms with Gasteiger partial charge in [-0.1, -0.05) is 0 Å². The smallest absolute Gasteiger partial charge is 0.138 e. The number of nitrogens with zero attached hydrogens (tertiary/aromatic N) is 2. The summed E-state index contributed by atoms with van der Waals surface area (Å²) >= 11 is 0. The highest BCUT2D eigenvalue weighted by atomic mass is 16.5. The van der Waals surface area contributed by atoms with Crippen molar-refractivity contribution >= 4 is 16.7 Å². The number of aliphatic hydroxyl groups excluding tert-OH is 2. The molecule has 4 N–H and O–H groups in total. The number of aliphatic hydroxyl groups is 2. The molecule has 0 saturated heterocycles. The molecule has 0 aliphatic carbocycles. The lowest BCUT2D eigenvalue weighted by Gasteiger charge is -2.21. The monoisotopic (exact) mass is 279 g/mol. The van der Waals surface area contributed by atoms with Crippen LogP contribution in [0.5, 0.6) is 0 Å². The van der Waals surface area contributed by atoms with Crippen LogP contribution in [0.3, 0.4) is 0 Å². The molecule has 2 rings (SSSR count). The van der Waals surface area contributed by atoms with E-state index in [1.807, 2.05) is 10.6 Å². The number of nitrogen functional groups attached to an aromatic ring is 1. The summed E-state index contributed by atoms with van der Waals surface area (Å²) in [6.45, 7) is 2.15. The molecule has 6 nitrogen and oxygen atoms in total. The van der Waals surface area contributed by atoms with Crippen LogP contribution in [0.15, 0.2) is 18.2 Å². The van der Waals surface area contributed by atoms with Gasteiger partial charge in [-0.3, -0.25) is 0 Å². The molecule has 2 atom stereocenters. The van der Waals surface area contributed by atoms with Gasteiger partial charge in [0.05, 0.1) is 23.7 Å². The maximum absolute atomic E-state index is 9.94. The average molecular weight is 279 g/mol. The van der Waals surface area contributed by atoms with E-state index in [1.54, 1.807) is 26.2 Å². The number of anilines is 1. The van der Waals surface area contributed by atoms with Crippen LogP contribution in [0.4, 0.5) is 5.69 Å². The number of hydrogen-bond donors (Lipinski definition) is 3. The maximum Gasteiger partial charge on any atom is 0.138 e. The topological polar surface area (TPSA) is 93.5 Å². The Balaban J connectivity index is 2.60. The Hall–Kier alpha value is -1.63. The summed E-state index contributed by atoms with van der Waals surface area (Å²) in [7, 11) is 1.61. The van der Waals surface area contributed by atoms with Gasteiger partial charge in [0.1, 0.15) is 11.9 Å².